The van der Waals surface area contributed by atoms with E-state index in [1.165, 1.54) is 0 Å². The summed E-state index contributed by atoms with van der Waals surface area (Å²) >= 11 is 0. The topological polar surface area (TPSA) is 84.7 Å². The molecule has 1 aromatic carbocycles. The molecule has 0 spiro atoms. The maximum absolute atomic E-state index is 12.5. The summed E-state index contributed by atoms with van der Waals surface area (Å²) in [6.45, 7) is 6.41. The zero-order valence-electron chi connectivity index (χ0n) is 14.7. The second kappa shape index (κ2) is 6.74. The van der Waals surface area contributed by atoms with Crippen molar-refractivity contribution in [3.05, 3.63) is 24.3 Å². The van der Waals surface area contributed by atoms with Crippen LogP contribution in [0.1, 0.15) is 33.6 Å². The first-order chi connectivity index (χ1) is 11.8. The molecule has 134 valence electrons. The minimum atomic E-state index is -0.551. The molecule has 7 heteroatoms. The number of carbonyl (C=O) groups is 2. The highest BCUT2D eigenvalue weighted by Crippen LogP contribution is 2.22. The van der Waals surface area contributed by atoms with Crippen LogP contribution in [0, 0.1) is 5.92 Å². The first-order valence-corrected chi connectivity index (χ1v) is 8.46. The molecular weight excluding hydrogens is 322 g/mol. The second-order valence-electron chi connectivity index (χ2n) is 7.24. The maximum atomic E-state index is 12.5. The largest absolute Gasteiger partial charge is 0.444 e. The number of rotatable bonds is 2. The van der Waals surface area contributed by atoms with Crippen LogP contribution in [0.2, 0.25) is 0 Å². The smallest absolute Gasteiger partial charge is 0.410 e. The molecule has 1 atom stereocenters. The molecule has 1 aromatic heterocycles. The summed E-state index contributed by atoms with van der Waals surface area (Å²) in [5.41, 5.74) is 0.762. The number of benzene rings is 1. The molecular formula is C18H23N3O4. The Balaban J connectivity index is 1.62. The summed E-state index contributed by atoms with van der Waals surface area (Å²) in [6.07, 6.45) is 1.09. The van der Waals surface area contributed by atoms with E-state index in [1.807, 2.05) is 39.0 Å². The number of nitrogens with zero attached hydrogens (tertiary/aromatic N) is 2. The average Bonchev–Trinajstić information content (AvgIpc) is 2.95. The molecule has 2 heterocycles. The average molecular weight is 345 g/mol. The third kappa shape index (κ3) is 4.29. The fourth-order valence-corrected chi connectivity index (χ4v) is 2.82. The van der Waals surface area contributed by atoms with Crippen LogP contribution < -0.4 is 5.32 Å². The molecule has 0 bridgehead atoms. The Morgan fingerprint density at radius 1 is 1.32 bits per heavy atom. The van der Waals surface area contributed by atoms with Crippen molar-refractivity contribution in [3.8, 4) is 0 Å². The number of para-hydroxylation sites is 2. The number of likely N-dealkylation sites (tertiary alicyclic amines) is 1. The number of carbonyl (C=O) groups excluding carboxylic acids is 2. The first-order valence-electron chi connectivity index (χ1n) is 8.46. The van der Waals surface area contributed by atoms with Gasteiger partial charge in [0, 0.05) is 13.1 Å². The molecule has 1 N–H and O–H groups in total. The molecule has 2 aromatic rings. The van der Waals surface area contributed by atoms with E-state index in [9.17, 15) is 9.59 Å². The van der Waals surface area contributed by atoms with Gasteiger partial charge in [0.05, 0.1) is 5.92 Å². The monoisotopic (exact) mass is 345 g/mol. The minimum absolute atomic E-state index is 0.181. The Labute approximate surface area is 146 Å². The van der Waals surface area contributed by atoms with E-state index in [4.69, 9.17) is 9.15 Å². The van der Waals surface area contributed by atoms with Crippen molar-refractivity contribution in [1.29, 1.82) is 0 Å². The lowest BCUT2D eigenvalue weighted by Gasteiger charge is -2.33. The lowest BCUT2D eigenvalue weighted by atomic mass is 9.97. The van der Waals surface area contributed by atoms with Gasteiger partial charge in [-0.1, -0.05) is 12.1 Å². The quantitative estimate of drug-likeness (QED) is 0.901. The number of oxazole rings is 1. The predicted molar refractivity (Wildman–Crippen MR) is 93.2 cm³/mol. The van der Waals surface area contributed by atoms with Crippen LogP contribution in [-0.4, -0.2) is 40.6 Å². The zero-order chi connectivity index (χ0) is 18.0. The van der Waals surface area contributed by atoms with Gasteiger partial charge >= 0.3 is 12.1 Å². The van der Waals surface area contributed by atoms with Crippen molar-refractivity contribution in [1.82, 2.24) is 9.88 Å². The van der Waals surface area contributed by atoms with Gasteiger partial charge in [0.1, 0.15) is 11.1 Å². The van der Waals surface area contributed by atoms with Crippen LogP contribution in [0.4, 0.5) is 10.8 Å². The van der Waals surface area contributed by atoms with Crippen LogP contribution in [0.25, 0.3) is 11.1 Å². The van der Waals surface area contributed by atoms with Gasteiger partial charge in [-0.25, -0.2) is 4.79 Å². The van der Waals surface area contributed by atoms with Crippen molar-refractivity contribution in [3.63, 3.8) is 0 Å². The molecule has 1 aliphatic heterocycles. The van der Waals surface area contributed by atoms with Crippen molar-refractivity contribution >= 4 is 29.1 Å². The molecule has 7 nitrogen and oxygen atoms in total. The Kier molecular flexibility index (Phi) is 4.65. The number of amides is 2. The number of ether oxygens (including phenoxy) is 1. The molecule has 0 radical (unpaired) electrons. The normalized spacial score (nSPS) is 18.2. The first kappa shape index (κ1) is 17.3. The van der Waals surface area contributed by atoms with Crippen molar-refractivity contribution in [2.24, 2.45) is 5.92 Å². The van der Waals surface area contributed by atoms with Crippen LogP contribution in [-0.2, 0) is 9.53 Å². The van der Waals surface area contributed by atoms with Crippen molar-refractivity contribution < 1.29 is 18.7 Å². The standard InChI is InChI=1S/C18H23N3O4/c1-18(2,3)25-17(23)21-10-6-7-12(11-21)15(22)20-16-19-13-8-4-5-9-14(13)24-16/h4-5,8-9,12H,6-7,10-11H2,1-3H3,(H,19,20,22)/t12-/m1/s1. The maximum Gasteiger partial charge on any atom is 0.410 e. The van der Waals surface area contributed by atoms with Gasteiger partial charge in [-0.15, -0.1) is 0 Å². The van der Waals surface area contributed by atoms with E-state index in [1.54, 1.807) is 11.0 Å². The number of piperidine rings is 1. The van der Waals surface area contributed by atoms with Gasteiger partial charge in [-0.3, -0.25) is 10.1 Å². The SMILES string of the molecule is CC(C)(C)OC(=O)N1CCC[C@@H](C(=O)Nc2nc3ccccc3o2)C1. The van der Waals surface area contributed by atoms with Crippen LogP contribution in [0.3, 0.4) is 0 Å². The second-order valence-corrected chi connectivity index (χ2v) is 7.24. The van der Waals surface area contributed by atoms with Crippen LogP contribution >= 0.6 is 0 Å². The van der Waals surface area contributed by atoms with E-state index < -0.39 is 5.60 Å². The zero-order valence-corrected chi connectivity index (χ0v) is 14.7. The molecule has 1 aliphatic rings. The lowest BCUT2D eigenvalue weighted by Crippen LogP contribution is -2.45. The molecule has 1 saturated heterocycles. The number of hydrogen-bond acceptors (Lipinski definition) is 5. The van der Waals surface area contributed by atoms with E-state index in [-0.39, 0.29) is 23.9 Å². The van der Waals surface area contributed by atoms with Gasteiger partial charge < -0.3 is 14.1 Å². The number of anilines is 1. The van der Waals surface area contributed by atoms with E-state index in [0.29, 0.717) is 30.6 Å². The van der Waals surface area contributed by atoms with Gasteiger partial charge in [0.15, 0.2) is 5.58 Å². The van der Waals surface area contributed by atoms with Gasteiger partial charge in [-0.2, -0.15) is 4.98 Å². The minimum Gasteiger partial charge on any atom is -0.444 e. The van der Waals surface area contributed by atoms with Crippen LogP contribution in [0.5, 0.6) is 0 Å². The number of hydrogen-bond donors (Lipinski definition) is 1. The molecule has 0 unspecified atom stereocenters. The molecule has 1 fully saturated rings. The van der Waals surface area contributed by atoms with E-state index >= 15 is 0 Å². The molecule has 2 amide bonds. The Bertz CT molecular complexity index is 745. The van der Waals surface area contributed by atoms with E-state index in [0.717, 1.165) is 6.42 Å². The van der Waals surface area contributed by atoms with Gasteiger partial charge in [0.25, 0.3) is 0 Å². The summed E-state index contributed by atoms with van der Waals surface area (Å²) in [4.78, 5) is 30.5. The van der Waals surface area contributed by atoms with E-state index in [2.05, 4.69) is 10.3 Å². The third-order valence-corrected chi connectivity index (χ3v) is 3.97. The van der Waals surface area contributed by atoms with Crippen molar-refractivity contribution in [2.45, 2.75) is 39.2 Å². The molecule has 0 saturated carbocycles. The highest BCUT2D eigenvalue weighted by molar-refractivity contribution is 5.92. The molecule has 0 aliphatic carbocycles. The Hall–Kier alpha value is -2.57. The summed E-state index contributed by atoms with van der Waals surface area (Å²) in [5, 5.41) is 2.71. The third-order valence-electron chi connectivity index (χ3n) is 3.97. The molecule has 25 heavy (non-hydrogen) atoms. The van der Waals surface area contributed by atoms with Gasteiger partial charge in [-0.05, 0) is 45.7 Å². The number of nitrogens with one attached hydrogen (secondary N) is 1. The Morgan fingerprint density at radius 2 is 2.08 bits per heavy atom. The number of aromatic nitrogens is 1. The van der Waals surface area contributed by atoms with Crippen LogP contribution in [0.15, 0.2) is 28.7 Å². The summed E-state index contributed by atoms with van der Waals surface area (Å²) in [5.74, 6) is -0.504. The summed E-state index contributed by atoms with van der Waals surface area (Å²) in [7, 11) is 0. The molecule has 3 rings (SSSR count). The van der Waals surface area contributed by atoms with Gasteiger partial charge in [0.2, 0.25) is 5.91 Å². The number of fused-ring (bicyclic) bond motifs is 1. The highest BCUT2D eigenvalue weighted by Gasteiger charge is 2.31. The Morgan fingerprint density at radius 3 is 2.80 bits per heavy atom. The highest BCUT2D eigenvalue weighted by atomic mass is 16.6. The summed E-state index contributed by atoms with van der Waals surface area (Å²) < 4.78 is 10.9. The summed E-state index contributed by atoms with van der Waals surface area (Å²) in [6, 6.07) is 7.50. The lowest BCUT2D eigenvalue weighted by molar-refractivity contribution is -0.121. The predicted octanol–water partition coefficient (Wildman–Crippen LogP) is 3.41. The fourth-order valence-electron chi connectivity index (χ4n) is 2.82. The van der Waals surface area contributed by atoms with Crippen molar-refractivity contribution in [2.75, 3.05) is 18.4 Å². The fraction of sp³-hybridized carbons (Fsp3) is 0.500.